The first-order valence-corrected chi connectivity index (χ1v) is 9.56. The molecule has 4 rings (SSSR count). The summed E-state index contributed by atoms with van der Waals surface area (Å²) in [6.45, 7) is 2.58. The van der Waals surface area contributed by atoms with Crippen LogP contribution in [0.15, 0.2) is 27.4 Å². The van der Waals surface area contributed by atoms with E-state index in [2.05, 4.69) is 0 Å². The van der Waals surface area contributed by atoms with E-state index in [4.69, 9.17) is 18.6 Å². The average Bonchev–Trinajstić information content (AvgIpc) is 3.12. The molecule has 0 unspecified atom stereocenters. The molecule has 164 valence electrons. The molecule has 2 aliphatic heterocycles. The summed E-state index contributed by atoms with van der Waals surface area (Å²) in [5, 5.41) is 50.6. The van der Waals surface area contributed by atoms with Gasteiger partial charge in [-0.2, -0.15) is 0 Å². The Labute approximate surface area is 170 Å². The lowest BCUT2D eigenvalue weighted by Crippen LogP contribution is -2.60. The van der Waals surface area contributed by atoms with Crippen molar-refractivity contribution in [2.24, 2.45) is 0 Å². The van der Waals surface area contributed by atoms with Gasteiger partial charge in [0.2, 0.25) is 12.0 Å². The molecule has 1 fully saturated rings. The number of rotatable bonds is 4. The van der Waals surface area contributed by atoms with Gasteiger partial charge in [-0.1, -0.05) is 0 Å². The fourth-order valence-electron chi connectivity index (χ4n) is 3.67. The molecule has 2 aliphatic rings. The van der Waals surface area contributed by atoms with Gasteiger partial charge in [0.05, 0.1) is 12.2 Å². The summed E-state index contributed by atoms with van der Waals surface area (Å²) >= 11 is 0. The van der Waals surface area contributed by atoms with Crippen LogP contribution in [-0.4, -0.2) is 74.6 Å². The summed E-state index contributed by atoms with van der Waals surface area (Å²) in [5.41, 5.74) is -1.09. The van der Waals surface area contributed by atoms with E-state index in [-0.39, 0.29) is 17.1 Å². The van der Waals surface area contributed by atoms with Gasteiger partial charge in [-0.25, -0.2) is 4.79 Å². The standard InChI is InChI=1S/C20H24O10/c1-20(2,26)11-6-9-5-8-3-4-12(22)29-16(8)18(17(9)28-11)30-19-15(25)14(24)13(23)10(7-21)27-19/h3-5,10-11,13-15,19,21,23-26H,6-7H2,1-2H3/t10-,11-,13-,14+,15-,19+/m1/s1. The lowest BCUT2D eigenvalue weighted by molar-refractivity contribution is -0.277. The van der Waals surface area contributed by atoms with E-state index in [1.807, 2.05) is 0 Å². The highest BCUT2D eigenvalue weighted by Crippen LogP contribution is 2.46. The average molecular weight is 424 g/mol. The van der Waals surface area contributed by atoms with E-state index in [0.717, 1.165) is 0 Å². The molecule has 0 aliphatic carbocycles. The molecule has 10 nitrogen and oxygen atoms in total. The van der Waals surface area contributed by atoms with Gasteiger partial charge in [-0.3, -0.25) is 0 Å². The lowest BCUT2D eigenvalue weighted by atomic mass is 9.96. The topological polar surface area (TPSA) is 159 Å². The molecule has 1 aromatic carbocycles. The molecule has 3 heterocycles. The Morgan fingerprint density at radius 3 is 2.57 bits per heavy atom. The van der Waals surface area contributed by atoms with Crippen molar-refractivity contribution >= 4 is 11.0 Å². The SMILES string of the molecule is CC(C)(O)[C@H]1Cc2cc3ccc(=O)oc3c(O[C@@H]3O[C@H](CO)[C@@H](O)[C@H](O)[C@H]3O)c2O1. The van der Waals surface area contributed by atoms with Crippen molar-refractivity contribution in [2.45, 2.75) is 62.7 Å². The first-order chi connectivity index (χ1) is 14.1. The quantitative estimate of drug-likeness (QED) is 0.387. The summed E-state index contributed by atoms with van der Waals surface area (Å²) in [4.78, 5) is 11.8. The van der Waals surface area contributed by atoms with Crippen LogP contribution in [0.2, 0.25) is 0 Å². The van der Waals surface area contributed by atoms with Crippen LogP contribution in [0.1, 0.15) is 19.4 Å². The van der Waals surface area contributed by atoms with E-state index in [1.54, 1.807) is 26.0 Å². The third kappa shape index (κ3) is 3.55. The van der Waals surface area contributed by atoms with Crippen LogP contribution >= 0.6 is 0 Å². The van der Waals surface area contributed by atoms with Crippen LogP contribution in [0.3, 0.4) is 0 Å². The van der Waals surface area contributed by atoms with Crippen molar-refractivity contribution in [3.05, 3.63) is 34.2 Å². The highest BCUT2D eigenvalue weighted by Gasteiger charge is 2.46. The van der Waals surface area contributed by atoms with E-state index < -0.39 is 54.6 Å². The van der Waals surface area contributed by atoms with Gasteiger partial charge >= 0.3 is 5.63 Å². The zero-order valence-electron chi connectivity index (χ0n) is 16.4. The fourth-order valence-corrected chi connectivity index (χ4v) is 3.67. The smallest absolute Gasteiger partial charge is 0.336 e. The molecular weight excluding hydrogens is 400 g/mol. The van der Waals surface area contributed by atoms with Gasteiger partial charge in [0.15, 0.2) is 11.3 Å². The molecular formula is C20H24O10. The summed E-state index contributed by atoms with van der Waals surface area (Å²) in [7, 11) is 0. The third-order valence-corrected chi connectivity index (χ3v) is 5.43. The normalized spacial score (nSPS) is 31.4. The minimum atomic E-state index is -1.66. The van der Waals surface area contributed by atoms with Gasteiger partial charge < -0.3 is 44.2 Å². The number of fused-ring (bicyclic) bond motifs is 2. The maximum atomic E-state index is 11.8. The van der Waals surface area contributed by atoms with Crippen molar-refractivity contribution < 1.29 is 44.2 Å². The second kappa shape index (κ2) is 7.49. The van der Waals surface area contributed by atoms with Crippen molar-refractivity contribution in [3.63, 3.8) is 0 Å². The number of aliphatic hydroxyl groups is 5. The Kier molecular flexibility index (Phi) is 5.25. The van der Waals surface area contributed by atoms with Crippen molar-refractivity contribution in [1.82, 2.24) is 0 Å². The summed E-state index contributed by atoms with van der Waals surface area (Å²) < 4.78 is 22.4. The molecule has 0 radical (unpaired) electrons. The van der Waals surface area contributed by atoms with Gasteiger partial charge in [0.25, 0.3) is 0 Å². The number of hydrogen-bond donors (Lipinski definition) is 5. The van der Waals surface area contributed by atoms with Crippen LogP contribution in [0, 0.1) is 0 Å². The number of ether oxygens (including phenoxy) is 3. The first-order valence-electron chi connectivity index (χ1n) is 9.56. The van der Waals surface area contributed by atoms with E-state index in [1.165, 1.54) is 6.07 Å². The van der Waals surface area contributed by atoms with Crippen molar-refractivity contribution in [2.75, 3.05) is 6.61 Å². The molecule has 1 saturated heterocycles. The van der Waals surface area contributed by atoms with Crippen molar-refractivity contribution in [1.29, 1.82) is 0 Å². The lowest BCUT2D eigenvalue weighted by Gasteiger charge is -2.39. The molecule has 0 spiro atoms. The number of hydrogen-bond acceptors (Lipinski definition) is 10. The highest BCUT2D eigenvalue weighted by atomic mass is 16.7. The zero-order chi connectivity index (χ0) is 21.8. The summed E-state index contributed by atoms with van der Waals surface area (Å²) in [5.74, 6) is 0.164. The minimum absolute atomic E-state index is 0.0367. The number of benzene rings is 1. The van der Waals surface area contributed by atoms with Gasteiger partial charge in [0.1, 0.15) is 30.5 Å². The molecule has 30 heavy (non-hydrogen) atoms. The minimum Gasteiger partial charge on any atom is -0.483 e. The van der Waals surface area contributed by atoms with E-state index >= 15 is 0 Å². The maximum Gasteiger partial charge on any atom is 0.336 e. The van der Waals surface area contributed by atoms with Crippen LogP contribution in [0.5, 0.6) is 11.5 Å². The van der Waals surface area contributed by atoms with Crippen LogP contribution in [0.4, 0.5) is 0 Å². The second-order valence-electron chi connectivity index (χ2n) is 8.15. The Bertz CT molecular complexity index is 991. The molecule has 2 aromatic rings. The third-order valence-electron chi connectivity index (χ3n) is 5.43. The maximum absolute atomic E-state index is 11.8. The molecule has 0 amide bonds. The predicted octanol–water partition coefficient (Wildman–Crippen LogP) is -0.954. The largest absolute Gasteiger partial charge is 0.483 e. The van der Waals surface area contributed by atoms with Gasteiger partial charge in [-0.15, -0.1) is 0 Å². The fraction of sp³-hybridized carbons (Fsp3) is 0.550. The van der Waals surface area contributed by atoms with E-state index in [0.29, 0.717) is 17.4 Å². The van der Waals surface area contributed by atoms with Gasteiger partial charge in [0, 0.05) is 23.4 Å². The second-order valence-corrected chi connectivity index (χ2v) is 8.15. The molecule has 10 heteroatoms. The predicted molar refractivity (Wildman–Crippen MR) is 101 cm³/mol. The first kappa shape index (κ1) is 21.0. The van der Waals surface area contributed by atoms with Crippen LogP contribution in [0.25, 0.3) is 11.0 Å². The van der Waals surface area contributed by atoms with Crippen LogP contribution < -0.4 is 15.1 Å². The molecule has 0 saturated carbocycles. The molecule has 6 atom stereocenters. The zero-order valence-corrected chi connectivity index (χ0v) is 16.4. The van der Waals surface area contributed by atoms with Gasteiger partial charge in [-0.05, 0) is 26.0 Å². The number of aliphatic hydroxyl groups excluding tert-OH is 4. The Hall–Kier alpha value is -2.21. The summed E-state index contributed by atoms with van der Waals surface area (Å²) in [6, 6.07) is 4.54. The monoisotopic (exact) mass is 424 g/mol. The summed E-state index contributed by atoms with van der Waals surface area (Å²) in [6.07, 6.45) is -7.75. The molecule has 1 aromatic heterocycles. The Morgan fingerprint density at radius 2 is 1.90 bits per heavy atom. The Morgan fingerprint density at radius 1 is 1.17 bits per heavy atom. The van der Waals surface area contributed by atoms with E-state index in [9.17, 15) is 30.3 Å². The van der Waals surface area contributed by atoms with Crippen LogP contribution in [-0.2, 0) is 11.2 Å². The van der Waals surface area contributed by atoms with Crippen molar-refractivity contribution in [3.8, 4) is 11.5 Å². The highest BCUT2D eigenvalue weighted by molar-refractivity contribution is 5.87. The molecule has 5 N–H and O–H groups in total. The molecule has 0 bridgehead atoms. The Balaban J connectivity index is 1.78.